The topological polar surface area (TPSA) is 49.6 Å². The number of non-ortho nitro benzene ring substituents is 1. The summed E-state index contributed by atoms with van der Waals surface area (Å²) in [5, 5.41) is 11.0. The summed E-state index contributed by atoms with van der Waals surface area (Å²) in [6.45, 7) is 3.08. The first-order valence-electron chi connectivity index (χ1n) is 9.50. The smallest absolute Gasteiger partial charge is 0.269 e. The highest BCUT2D eigenvalue weighted by molar-refractivity contribution is 5.34. The molecule has 0 radical (unpaired) electrons. The number of rotatable bonds is 4. The van der Waals surface area contributed by atoms with E-state index in [1.165, 1.54) is 31.2 Å². The van der Waals surface area contributed by atoms with Crippen LogP contribution in [0.25, 0.3) is 0 Å². The molecular weight excluding hydrogens is 326 g/mol. The number of hydrogen-bond acceptors (Lipinski definition) is 4. The first-order chi connectivity index (χ1) is 12.7. The fourth-order valence-electron chi connectivity index (χ4n) is 4.46. The largest absolute Gasteiger partial charge is 0.281 e. The van der Waals surface area contributed by atoms with Crippen molar-refractivity contribution >= 4 is 5.69 Å². The molecule has 2 aromatic carbocycles. The van der Waals surface area contributed by atoms with Crippen molar-refractivity contribution in [2.24, 2.45) is 0 Å². The van der Waals surface area contributed by atoms with Crippen LogP contribution in [-0.4, -0.2) is 33.9 Å². The van der Waals surface area contributed by atoms with Gasteiger partial charge in [-0.2, -0.15) is 0 Å². The number of fused-ring (bicyclic) bond motifs is 1. The number of benzene rings is 2. The first kappa shape index (κ1) is 17.2. The van der Waals surface area contributed by atoms with E-state index in [-0.39, 0.29) is 16.8 Å². The third-order valence-electron chi connectivity index (χ3n) is 5.71. The summed E-state index contributed by atoms with van der Waals surface area (Å²) < 4.78 is 0. The maximum Gasteiger partial charge on any atom is 0.269 e. The molecule has 0 aliphatic carbocycles. The van der Waals surface area contributed by atoms with Crippen LogP contribution >= 0.6 is 0 Å². The van der Waals surface area contributed by atoms with Gasteiger partial charge in [0.15, 0.2) is 0 Å². The number of nitrogens with zero attached hydrogens (tertiary/aromatic N) is 3. The van der Waals surface area contributed by atoms with Gasteiger partial charge in [-0.25, -0.2) is 0 Å². The van der Waals surface area contributed by atoms with E-state index in [1.54, 1.807) is 12.1 Å². The van der Waals surface area contributed by atoms with Gasteiger partial charge in [-0.1, -0.05) is 36.8 Å². The van der Waals surface area contributed by atoms with E-state index in [0.717, 1.165) is 25.2 Å². The summed E-state index contributed by atoms with van der Waals surface area (Å²) in [5.41, 5.74) is 2.64. The van der Waals surface area contributed by atoms with Gasteiger partial charge in [0.1, 0.15) is 0 Å². The van der Waals surface area contributed by atoms with Gasteiger partial charge < -0.3 is 0 Å². The molecule has 136 valence electrons. The van der Waals surface area contributed by atoms with Gasteiger partial charge in [0.05, 0.1) is 11.1 Å². The van der Waals surface area contributed by atoms with E-state index < -0.39 is 0 Å². The second kappa shape index (κ2) is 7.56. The van der Waals surface area contributed by atoms with Gasteiger partial charge in [-0.15, -0.1) is 0 Å². The Kier molecular flexibility index (Phi) is 5.00. The second-order valence-corrected chi connectivity index (χ2v) is 7.35. The summed E-state index contributed by atoms with van der Waals surface area (Å²) >= 11 is 0. The van der Waals surface area contributed by atoms with Crippen molar-refractivity contribution in [2.75, 3.05) is 13.1 Å². The Hall–Kier alpha value is -2.24. The molecule has 2 aliphatic heterocycles. The predicted octanol–water partition coefficient (Wildman–Crippen LogP) is 4.35. The van der Waals surface area contributed by atoms with Gasteiger partial charge in [0.25, 0.3) is 5.69 Å². The van der Waals surface area contributed by atoms with Crippen LogP contribution < -0.4 is 0 Å². The zero-order valence-electron chi connectivity index (χ0n) is 15.0. The lowest BCUT2D eigenvalue weighted by Crippen LogP contribution is -2.54. The molecule has 2 aromatic rings. The van der Waals surface area contributed by atoms with Gasteiger partial charge in [0, 0.05) is 37.8 Å². The van der Waals surface area contributed by atoms with E-state index >= 15 is 0 Å². The summed E-state index contributed by atoms with van der Waals surface area (Å²) in [5.74, 6) is 0. The lowest BCUT2D eigenvalue weighted by Gasteiger charge is -2.50. The Morgan fingerprint density at radius 1 is 0.962 bits per heavy atom. The van der Waals surface area contributed by atoms with Crippen molar-refractivity contribution in [1.29, 1.82) is 0 Å². The highest BCUT2D eigenvalue weighted by Gasteiger charge is 2.37. The predicted molar refractivity (Wildman–Crippen MR) is 102 cm³/mol. The monoisotopic (exact) mass is 351 g/mol. The summed E-state index contributed by atoms with van der Waals surface area (Å²) in [6, 6.07) is 18.4. The van der Waals surface area contributed by atoms with E-state index in [2.05, 4.69) is 34.1 Å². The molecule has 0 amide bonds. The van der Waals surface area contributed by atoms with Crippen LogP contribution in [-0.2, 0) is 6.54 Å². The summed E-state index contributed by atoms with van der Waals surface area (Å²) in [4.78, 5) is 15.8. The molecule has 0 bridgehead atoms. The quantitative estimate of drug-likeness (QED) is 0.607. The number of nitro groups is 1. The van der Waals surface area contributed by atoms with Gasteiger partial charge in [-0.3, -0.25) is 19.9 Å². The molecule has 26 heavy (non-hydrogen) atoms. The molecule has 0 N–H and O–H groups in total. The number of piperidine rings is 1. The Morgan fingerprint density at radius 3 is 2.46 bits per heavy atom. The average molecular weight is 351 g/mol. The van der Waals surface area contributed by atoms with E-state index in [4.69, 9.17) is 0 Å². The van der Waals surface area contributed by atoms with Gasteiger partial charge >= 0.3 is 0 Å². The molecule has 5 nitrogen and oxygen atoms in total. The van der Waals surface area contributed by atoms with Crippen LogP contribution in [0.1, 0.15) is 43.0 Å². The molecule has 0 spiro atoms. The molecule has 5 heteroatoms. The average Bonchev–Trinajstić information content (AvgIpc) is 2.69. The Morgan fingerprint density at radius 2 is 1.73 bits per heavy atom. The first-order valence-corrected chi connectivity index (χ1v) is 9.50. The molecule has 2 heterocycles. The normalized spacial score (nSPS) is 24.2. The van der Waals surface area contributed by atoms with E-state index in [0.29, 0.717) is 6.04 Å². The van der Waals surface area contributed by atoms with Gasteiger partial charge in [-0.05, 0) is 42.5 Å². The maximum atomic E-state index is 11.0. The molecule has 4 rings (SSSR count). The number of nitro benzene ring substituents is 1. The second-order valence-electron chi connectivity index (χ2n) is 7.35. The van der Waals surface area contributed by atoms with Crippen LogP contribution in [0.5, 0.6) is 0 Å². The highest BCUT2D eigenvalue weighted by Crippen LogP contribution is 2.38. The van der Waals surface area contributed by atoms with E-state index in [1.807, 2.05) is 18.2 Å². The lowest BCUT2D eigenvalue weighted by atomic mass is 9.93. The fraction of sp³-hybridized carbons (Fsp3) is 0.429. The standard InChI is InChI=1S/C21H25N3O2/c25-24(26)20-11-9-18(10-12-20)21-22(16-17-6-2-1-3-7-17)15-13-19-8-4-5-14-23(19)21/h1-3,6-7,9-12,19,21H,4-5,8,13-16H2/t19-,21-/m0/s1. The molecule has 2 fully saturated rings. The molecule has 2 saturated heterocycles. The Labute approximate surface area is 154 Å². The Bertz CT molecular complexity index is 748. The van der Waals surface area contributed by atoms with Crippen molar-refractivity contribution < 1.29 is 4.92 Å². The molecule has 0 unspecified atom stereocenters. The summed E-state index contributed by atoms with van der Waals surface area (Å²) in [6.07, 6.45) is 5.22. The zero-order chi connectivity index (χ0) is 17.9. The molecule has 2 aliphatic rings. The van der Waals surface area contributed by atoms with Crippen LogP contribution in [0.15, 0.2) is 54.6 Å². The van der Waals surface area contributed by atoms with Crippen LogP contribution in [0, 0.1) is 10.1 Å². The maximum absolute atomic E-state index is 11.0. The van der Waals surface area contributed by atoms with Crippen molar-refractivity contribution in [3.05, 3.63) is 75.8 Å². The number of hydrogen-bond donors (Lipinski definition) is 0. The van der Waals surface area contributed by atoms with Crippen LogP contribution in [0.2, 0.25) is 0 Å². The van der Waals surface area contributed by atoms with Crippen molar-refractivity contribution in [1.82, 2.24) is 9.80 Å². The van der Waals surface area contributed by atoms with Crippen LogP contribution in [0.3, 0.4) is 0 Å². The molecule has 0 aromatic heterocycles. The van der Waals surface area contributed by atoms with Crippen molar-refractivity contribution in [2.45, 2.75) is 44.4 Å². The van der Waals surface area contributed by atoms with E-state index in [9.17, 15) is 10.1 Å². The Balaban J connectivity index is 1.64. The minimum atomic E-state index is -0.323. The summed E-state index contributed by atoms with van der Waals surface area (Å²) in [7, 11) is 0. The van der Waals surface area contributed by atoms with Crippen molar-refractivity contribution in [3.63, 3.8) is 0 Å². The minimum Gasteiger partial charge on any atom is -0.281 e. The van der Waals surface area contributed by atoms with Crippen LogP contribution in [0.4, 0.5) is 5.69 Å². The van der Waals surface area contributed by atoms with Crippen molar-refractivity contribution in [3.8, 4) is 0 Å². The zero-order valence-corrected chi connectivity index (χ0v) is 15.0. The third-order valence-corrected chi connectivity index (χ3v) is 5.71. The highest BCUT2D eigenvalue weighted by atomic mass is 16.6. The lowest BCUT2D eigenvalue weighted by molar-refractivity contribution is -0.384. The molecular formula is C21H25N3O2. The third kappa shape index (κ3) is 3.50. The SMILES string of the molecule is O=[N+]([O-])c1ccc([C@H]2N(Cc3ccccc3)CC[C@@H]3CCCCN32)cc1. The minimum absolute atomic E-state index is 0.161. The van der Waals surface area contributed by atoms with Gasteiger partial charge in [0.2, 0.25) is 0 Å². The molecule has 2 atom stereocenters. The molecule has 0 saturated carbocycles. The fourth-order valence-corrected chi connectivity index (χ4v) is 4.46.